The summed E-state index contributed by atoms with van der Waals surface area (Å²) in [4.78, 5) is 12.2. The Bertz CT molecular complexity index is 488. The highest BCUT2D eigenvalue weighted by atomic mass is 32.2. The average molecular weight is 318 g/mol. The monoisotopic (exact) mass is 318 g/mol. The molecule has 1 N–H and O–H groups in total. The first kappa shape index (κ1) is 19.9. The summed E-state index contributed by atoms with van der Waals surface area (Å²) in [5.41, 5.74) is -0.701. The Morgan fingerprint density at radius 1 is 1.29 bits per heavy atom. The van der Waals surface area contributed by atoms with Gasteiger partial charge < -0.3 is 4.74 Å². The Labute approximate surface area is 127 Å². The van der Waals surface area contributed by atoms with Crippen molar-refractivity contribution in [2.75, 3.05) is 0 Å². The predicted molar refractivity (Wildman–Crippen MR) is 80.8 cm³/mol. The van der Waals surface area contributed by atoms with E-state index in [2.05, 4.69) is 4.72 Å². The first-order chi connectivity index (χ1) is 9.48. The molecule has 6 nitrogen and oxygen atoms in total. The van der Waals surface area contributed by atoms with E-state index in [1.54, 1.807) is 40.7 Å². The summed E-state index contributed by atoms with van der Waals surface area (Å²) in [6.07, 6.45) is 0.767. The molecule has 0 radical (unpaired) electrons. The second kappa shape index (κ2) is 7.76. The van der Waals surface area contributed by atoms with Gasteiger partial charge >= 0.3 is 5.97 Å². The Morgan fingerprint density at radius 2 is 1.81 bits per heavy atom. The van der Waals surface area contributed by atoms with Crippen LogP contribution in [0.25, 0.3) is 0 Å². The molecule has 0 aromatic rings. The molecule has 0 rings (SSSR count). The first-order valence-electron chi connectivity index (χ1n) is 7.12. The van der Waals surface area contributed by atoms with Crippen LogP contribution < -0.4 is 4.72 Å². The van der Waals surface area contributed by atoms with E-state index in [0.717, 1.165) is 0 Å². The van der Waals surface area contributed by atoms with E-state index in [1.165, 1.54) is 0 Å². The topological polar surface area (TPSA) is 96.3 Å². The molecule has 0 bridgehead atoms. The standard InChI is InChI=1S/C14H26N2O4S/c1-7-10(3)12(13(17)20-14(4,5)6)16-21(18,19)11(8-2)9-15/h10-12,16H,7-8H2,1-6H3/t10-,11?,12-/m0/s1. The van der Waals surface area contributed by atoms with Gasteiger partial charge in [-0.15, -0.1) is 0 Å². The highest BCUT2D eigenvalue weighted by Gasteiger charge is 2.35. The lowest BCUT2D eigenvalue weighted by Gasteiger charge is -2.28. The van der Waals surface area contributed by atoms with Gasteiger partial charge in [-0.1, -0.05) is 27.2 Å². The average Bonchev–Trinajstić information content (AvgIpc) is 2.34. The summed E-state index contributed by atoms with van der Waals surface area (Å²) >= 11 is 0. The van der Waals surface area contributed by atoms with Crippen molar-refractivity contribution in [3.63, 3.8) is 0 Å². The molecular weight excluding hydrogens is 292 g/mol. The van der Waals surface area contributed by atoms with Crippen LogP contribution in [-0.4, -0.2) is 31.3 Å². The van der Waals surface area contributed by atoms with Crippen LogP contribution in [0.4, 0.5) is 0 Å². The van der Waals surface area contributed by atoms with Crippen molar-refractivity contribution in [1.82, 2.24) is 4.72 Å². The summed E-state index contributed by atoms with van der Waals surface area (Å²) in [6.45, 7) is 10.4. The number of nitriles is 1. The number of rotatable bonds is 7. The van der Waals surface area contributed by atoms with Gasteiger partial charge in [0.1, 0.15) is 11.6 Å². The quantitative estimate of drug-likeness (QED) is 0.724. The number of carbonyl (C=O) groups excluding carboxylic acids is 1. The lowest BCUT2D eigenvalue weighted by molar-refractivity contribution is -0.158. The lowest BCUT2D eigenvalue weighted by Crippen LogP contribution is -2.50. The number of hydrogen-bond acceptors (Lipinski definition) is 5. The van der Waals surface area contributed by atoms with Crippen LogP contribution in [-0.2, 0) is 19.6 Å². The number of esters is 1. The molecule has 1 unspecified atom stereocenters. The van der Waals surface area contributed by atoms with Gasteiger partial charge in [0, 0.05) is 0 Å². The molecule has 0 aliphatic rings. The van der Waals surface area contributed by atoms with Gasteiger partial charge in [0.25, 0.3) is 0 Å². The smallest absolute Gasteiger partial charge is 0.324 e. The number of carbonyl (C=O) groups is 1. The zero-order chi connectivity index (χ0) is 16.8. The van der Waals surface area contributed by atoms with Crippen molar-refractivity contribution in [2.45, 2.75) is 71.3 Å². The van der Waals surface area contributed by atoms with Gasteiger partial charge in [0.15, 0.2) is 5.25 Å². The molecule has 7 heteroatoms. The minimum atomic E-state index is -3.89. The summed E-state index contributed by atoms with van der Waals surface area (Å²) in [7, 11) is -3.89. The Balaban J connectivity index is 5.30. The maximum Gasteiger partial charge on any atom is 0.324 e. The van der Waals surface area contributed by atoms with Crippen LogP contribution >= 0.6 is 0 Å². The Morgan fingerprint density at radius 3 is 2.14 bits per heavy atom. The molecule has 0 saturated heterocycles. The molecule has 0 aromatic heterocycles. The lowest BCUT2D eigenvalue weighted by atomic mass is 10.00. The first-order valence-corrected chi connectivity index (χ1v) is 8.66. The van der Waals surface area contributed by atoms with Gasteiger partial charge in [-0.25, -0.2) is 8.42 Å². The maximum atomic E-state index is 12.2. The normalized spacial score (nSPS) is 16.6. The van der Waals surface area contributed by atoms with Gasteiger partial charge in [-0.3, -0.25) is 4.79 Å². The minimum Gasteiger partial charge on any atom is -0.459 e. The molecule has 0 aliphatic heterocycles. The van der Waals surface area contributed by atoms with Gasteiger partial charge in [-0.2, -0.15) is 9.98 Å². The van der Waals surface area contributed by atoms with Crippen LogP contribution in [0, 0.1) is 17.2 Å². The molecule has 0 heterocycles. The van der Waals surface area contributed by atoms with Crippen LogP contribution in [0.5, 0.6) is 0 Å². The molecule has 0 aromatic carbocycles. The van der Waals surface area contributed by atoms with Crippen molar-refractivity contribution in [3.05, 3.63) is 0 Å². The van der Waals surface area contributed by atoms with Crippen LogP contribution in [0.1, 0.15) is 54.4 Å². The van der Waals surface area contributed by atoms with Crippen LogP contribution in [0.2, 0.25) is 0 Å². The third-order valence-corrected chi connectivity index (χ3v) is 4.82. The fourth-order valence-corrected chi connectivity index (χ4v) is 3.06. The second-order valence-corrected chi connectivity index (χ2v) is 7.98. The summed E-state index contributed by atoms with van der Waals surface area (Å²) < 4.78 is 31.9. The minimum absolute atomic E-state index is 0.160. The molecule has 0 saturated carbocycles. The maximum absolute atomic E-state index is 12.2. The van der Waals surface area contributed by atoms with Gasteiger partial charge in [-0.05, 0) is 33.1 Å². The molecule has 0 amide bonds. The molecule has 0 aliphatic carbocycles. The fraction of sp³-hybridized carbons (Fsp3) is 0.857. The van der Waals surface area contributed by atoms with Crippen molar-refractivity contribution >= 4 is 16.0 Å². The molecule has 122 valence electrons. The Kier molecular flexibility index (Phi) is 7.34. The number of nitrogens with zero attached hydrogens (tertiary/aromatic N) is 1. The third-order valence-electron chi connectivity index (χ3n) is 3.05. The molecule has 0 fully saturated rings. The second-order valence-electron chi connectivity index (χ2n) is 6.09. The van der Waals surface area contributed by atoms with E-state index in [9.17, 15) is 13.2 Å². The third kappa shape index (κ3) is 6.44. The SMILES string of the molecule is CCC(C#N)S(=O)(=O)N[C@H](C(=O)OC(C)(C)C)[C@@H](C)CC. The van der Waals surface area contributed by atoms with E-state index in [-0.39, 0.29) is 12.3 Å². The summed E-state index contributed by atoms with van der Waals surface area (Å²) in [5, 5.41) is 7.74. The van der Waals surface area contributed by atoms with E-state index < -0.39 is 32.9 Å². The largest absolute Gasteiger partial charge is 0.459 e. The summed E-state index contributed by atoms with van der Waals surface area (Å²) in [5.74, 6) is -0.848. The molecule has 3 atom stereocenters. The molecular formula is C14H26N2O4S. The highest BCUT2D eigenvalue weighted by Crippen LogP contribution is 2.17. The van der Waals surface area contributed by atoms with Crippen molar-refractivity contribution in [3.8, 4) is 6.07 Å². The van der Waals surface area contributed by atoms with E-state index in [0.29, 0.717) is 6.42 Å². The van der Waals surface area contributed by atoms with E-state index in [1.807, 2.05) is 6.92 Å². The van der Waals surface area contributed by atoms with E-state index in [4.69, 9.17) is 10.00 Å². The van der Waals surface area contributed by atoms with Crippen LogP contribution in [0.15, 0.2) is 0 Å². The van der Waals surface area contributed by atoms with Crippen LogP contribution in [0.3, 0.4) is 0 Å². The molecule has 21 heavy (non-hydrogen) atoms. The zero-order valence-electron chi connectivity index (χ0n) is 13.6. The predicted octanol–water partition coefficient (Wildman–Crippen LogP) is 1.96. The van der Waals surface area contributed by atoms with E-state index >= 15 is 0 Å². The number of sulfonamides is 1. The summed E-state index contributed by atoms with van der Waals surface area (Å²) in [6, 6.07) is 0.754. The van der Waals surface area contributed by atoms with Gasteiger partial charge in [0.05, 0.1) is 6.07 Å². The zero-order valence-corrected chi connectivity index (χ0v) is 14.5. The van der Waals surface area contributed by atoms with Gasteiger partial charge in [0.2, 0.25) is 10.0 Å². The number of hydrogen-bond donors (Lipinski definition) is 1. The highest BCUT2D eigenvalue weighted by molar-refractivity contribution is 7.90. The fourth-order valence-electron chi connectivity index (χ4n) is 1.64. The number of nitrogens with one attached hydrogen (secondary N) is 1. The van der Waals surface area contributed by atoms with Crippen molar-refractivity contribution in [1.29, 1.82) is 5.26 Å². The Hall–Kier alpha value is -1.13. The van der Waals surface area contributed by atoms with Crippen molar-refractivity contribution in [2.24, 2.45) is 5.92 Å². The number of ether oxygens (including phenoxy) is 1. The van der Waals surface area contributed by atoms with Crippen molar-refractivity contribution < 1.29 is 17.9 Å². The molecule has 0 spiro atoms.